The SMILES string of the molecule is COCCn1c(C)c(C)c2cc(C(=O)NC(C(=O)O)C3CC3)ccc21. The van der Waals surface area contributed by atoms with Crippen molar-refractivity contribution in [2.75, 3.05) is 13.7 Å². The fourth-order valence-electron chi connectivity index (χ4n) is 3.30. The van der Waals surface area contributed by atoms with Crippen molar-refractivity contribution in [2.24, 2.45) is 5.92 Å². The van der Waals surface area contributed by atoms with E-state index in [1.165, 1.54) is 0 Å². The number of rotatable bonds is 7. The van der Waals surface area contributed by atoms with Gasteiger partial charge in [0.15, 0.2) is 0 Å². The minimum atomic E-state index is -0.963. The van der Waals surface area contributed by atoms with Gasteiger partial charge in [-0.25, -0.2) is 4.79 Å². The van der Waals surface area contributed by atoms with Crippen LogP contribution in [-0.4, -0.2) is 41.3 Å². The Hall–Kier alpha value is -2.34. The first-order valence-electron chi connectivity index (χ1n) is 8.56. The lowest BCUT2D eigenvalue weighted by Crippen LogP contribution is -2.42. The zero-order chi connectivity index (χ0) is 18.1. The molecule has 1 saturated carbocycles. The van der Waals surface area contributed by atoms with Gasteiger partial charge < -0.3 is 19.7 Å². The topological polar surface area (TPSA) is 80.6 Å². The molecule has 0 spiro atoms. The third kappa shape index (κ3) is 3.39. The summed E-state index contributed by atoms with van der Waals surface area (Å²) in [6.07, 6.45) is 1.72. The van der Waals surface area contributed by atoms with Gasteiger partial charge in [-0.2, -0.15) is 0 Å². The van der Waals surface area contributed by atoms with Crippen LogP contribution in [-0.2, 0) is 16.1 Å². The van der Waals surface area contributed by atoms with E-state index in [4.69, 9.17) is 4.74 Å². The van der Waals surface area contributed by atoms with Crippen LogP contribution in [0.2, 0.25) is 0 Å². The number of methoxy groups -OCH3 is 1. The molecule has 1 aliphatic carbocycles. The average Bonchev–Trinajstić information content (AvgIpc) is 3.40. The van der Waals surface area contributed by atoms with Crippen LogP contribution < -0.4 is 5.32 Å². The number of aliphatic carboxylic acids is 1. The molecule has 0 radical (unpaired) electrons. The van der Waals surface area contributed by atoms with Gasteiger partial charge in [-0.15, -0.1) is 0 Å². The Morgan fingerprint density at radius 1 is 1.36 bits per heavy atom. The van der Waals surface area contributed by atoms with Gasteiger partial charge in [-0.05, 0) is 56.4 Å². The third-order valence-electron chi connectivity index (χ3n) is 5.07. The maximum atomic E-state index is 12.5. The molecule has 1 heterocycles. The van der Waals surface area contributed by atoms with E-state index in [1.54, 1.807) is 13.2 Å². The number of fused-ring (bicyclic) bond motifs is 1. The van der Waals surface area contributed by atoms with Gasteiger partial charge in [0.25, 0.3) is 5.91 Å². The Bertz CT molecular complexity index is 820. The van der Waals surface area contributed by atoms with Crippen molar-refractivity contribution < 1.29 is 19.4 Å². The minimum Gasteiger partial charge on any atom is -0.480 e. The molecule has 1 atom stereocenters. The number of carbonyl (C=O) groups excluding carboxylic acids is 1. The number of benzene rings is 1. The Morgan fingerprint density at radius 3 is 2.68 bits per heavy atom. The smallest absolute Gasteiger partial charge is 0.326 e. The van der Waals surface area contributed by atoms with Crippen LogP contribution in [0.4, 0.5) is 0 Å². The lowest BCUT2D eigenvalue weighted by molar-refractivity contribution is -0.139. The number of nitrogens with one attached hydrogen (secondary N) is 1. The first-order chi connectivity index (χ1) is 11.9. The molecule has 0 saturated heterocycles. The molecule has 1 aliphatic rings. The molecule has 25 heavy (non-hydrogen) atoms. The van der Waals surface area contributed by atoms with Crippen molar-refractivity contribution in [3.05, 3.63) is 35.0 Å². The van der Waals surface area contributed by atoms with E-state index in [1.807, 2.05) is 19.1 Å². The molecule has 1 fully saturated rings. The predicted octanol–water partition coefficient (Wildman–Crippen LogP) is 2.50. The number of hydrogen-bond donors (Lipinski definition) is 2. The molecule has 6 nitrogen and oxygen atoms in total. The molecule has 1 amide bonds. The summed E-state index contributed by atoms with van der Waals surface area (Å²) in [5.74, 6) is -1.23. The Labute approximate surface area is 146 Å². The summed E-state index contributed by atoms with van der Waals surface area (Å²) < 4.78 is 7.36. The lowest BCUT2D eigenvalue weighted by atomic mass is 10.1. The van der Waals surface area contributed by atoms with Gasteiger partial charge in [0.05, 0.1) is 6.61 Å². The standard InChI is InChI=1S/C19H24N2O4/c1-11-12(2)21(8-9-25-3)16-7-6-14(10-15(11)16)18(22)20-17(19(23)24)13-4-5-13/h6-7,10,13,17H,4-5,8-9H2,1-3H3,(H,20,22)(H,23,24). The first-order valence-corrected chi connectivity index (χ1v) is 8.56. The van der Waals surface area contributed by atoms with Gasteiger partial charge >= 0.3 is 5.97 Å². The van der Waals surface area contributed by atoms with Gasteiger partial charge in [-0.3, -0.25) is 4.79 Å². The van der Waals surface area contributed by atoms with Crippen molar-refractivity contribution >= 4 is 22.8 Å². The van der Waals surface area contributed by atoms with E-state index in [0.717, 1.165) is 41.5 Å². The monoisotopic (exact) mass is 344 g/mol. The predicted molar refractivity (Wildman–Crippen MR) is 94.9 cm³/mol. The van der Waals surface area contributed by atoms with Crippen LogP contribution in [0.3, 0.4) is 0 Å². The maximum absolute atomic E-state index is 12.5. The summed E-state index contributed by atoms with van der Waals surface area (Å²) in [5, 5.41) is 13.0. The fourth-order valence-corrected chi connectivity index (χ4v) is 3.30. The van der Waals surface area contributed by atoms with E-state index >= 15 is 0 Å². The van der Waals surface area contributed by atoms with Crippen molar-refractivity contribution in [2.45, 2.75) is 39.3 Å². The summed E-state index contributed by atoms with van der Waals surface area (Å²) in [6, 6.07) is 4.73. The van der Waals surface area contributed by atoms with E-state index in [-0.39, 0.29) is 11.8 Å². The summed E-state index contributed by atoms with van der Waals surface area (Å²) >= 11 is 0. The highest BCUT2D eigenvalue weighted by molar-refractivity contribution is 6.00. The van der Waals surface area contributed by atoms with Crippen molar-refractivity contribution in [1.82, 2.24) is 9.88 Å². The van der Waals surface area contributed by atoms with Crippen LogP contribution in [0.5, 0.6) is 0 Å². The molecule has 6 heteroatoms. The molecular weight excluding hydrogens is 320 g/mol. The molecule has 0 bridgehead atoms. The Kier molecular flexibility index (Phi) is 4.81. The van der Waals surface area contributed by atoms with Crippen molar-refractivity contribution in [1.29, 1.82) is 0 Å². The van der Waals surface area contributed by atoms with Crippen LogP contribution in [0.1, 0.15) is 34.5 Å². The Balaban J connectivity index is 1.89. The zero-order valence-electron chi connectivity index (χ0n) is 14.8. The molecule has 2 N–H and O–H groups in total. The Morgan fingerprint density at radius 2 is 2.08 bits per heavy atom. The third-order valence-corrected chi connectivity index (χ3v) is 5.07. The number of carboxylic acids is 1. The number of carboxylic acid groups (broad SMARTS) is 1. The average molecular weight is 344 g/mol. The second-order valence-corrected chi connectivity index (χ2v) is 6.71. The molecule has 3 rings (SSSR count). The van der Waals surface area contributed by atoms with Crippen LogP contribution >= 0.6 is 0 Å². The number of hydrogen-bond acceptors (Lipinski definition) is 3. The number of aromatic nitrogens is 1. The molecule has 1 aromatic heterocycles. The van der Waals surface area contributed by atoms with Crippen LogP contribution in [0.25, 0.3) is 10.9 Å². The van der Waals surface area contributed by atoms with E-state index < -0.39 is 12.0 Å². The highest BCUT2D eigenvalue weighted by atomic mass is 16.5. The second-order valence-electron chi connectivity index (χ2n) is 6.71. The molecular formula is C19H24N2O4. The van der Waals surface area contributed by atoms with Gasteiger partial charge in [0, 0.05) is 35.8 Å². The van der Waals surface area contributed by atoms with E-state index in [0.29, 0.717) is 12.2 Å². The van der Waals surface area contributed by atoms with Crippen LogP contribution in [0.15, 0.2) is 18.2 Å². The molecule has 2 aromatic rings. The number of carbonyl (C=O) groups is 2. The molecule has 0 aliphatic heterocycles. The molecule has 134 valence electrons. The van der Waals surface area contributed by atoms with Crippen LogP contribution in [0, 0.1) is 19.8 Å². The molecule has 1 aromatic carbocycles. The highest BCUT2D eigenvalue weighted by Gasteiger charge is 2.37. The lowest BCUT2D eigenvalue weighted by Gasteiger charge is -2.13. The van der Waals surface area contributed by atoms with E-state index in [9.17, 15) is 14.7 Å². The first kappa shape index (κ1) is 17.5. The number of nitrogens with zero attached hydrogens (tertiary/aromatic N) is 1. The largest absolute Gasteiger partial charge is 0.480 e. The summed E-state index contributed by atoms with van der Waals surface area (Å²) in [4.78, 5) is 23.8. The van der Waals surface area contributed by atoms with Crippen molar-refractivity contribution in [3.63, 3.8) is 0 Å². The second kappa shape index (κ2) is 6.88. The number of aryl methyl sites for hydroxylation is 1. The molecule has 1 unspecified atom stereocenters. The van der Waals surface area contributed by atoms with Gasteiger partial charge in [-0.1, -0.05) is 0 Å². The maximum Gasteiger partial charge on any atom is 0.326 e. The normalized spacial score (nSPS) is 15.3. The summed E-state index contributed by atoms with van der Waals surface area (Å²) in [5.41, 5.74) is 3.82. The quantitative estimate of drug-likeness (QED) is 0.809. The minimum absolute atomic E-state index is 0.0595. The van der Waals surface area contributed by atoms with E-state index in [2.05, 4.69) is 16.8 Å². The zero-order valence-corrected chi connectivity index (χ0v) is 14.8. The fraction of sp³-hybridized carbons (Fsp3) is 0.474. The number of amides is 1. The van der Waals surface area contributed by atoms with Gasteiger partial charge in [0.1, 0.15) is 6.04 Å². The summed E-state index contributed by atoms with van der Waals surface area (Å²) in [6.45, 7) is 5.46. The summed E-state index contributed by atoms with van der Waals surface area (Å²) in [7, 11) is 1.68. The van der Waals surface area contributed by atoms with Crippen molar-refractivity contribution in [3.8, 4) is 0 Å². The highest BCUT2D eigenvalue weighted by Crippen LogP contribution is 2.33. The number of ether oxygens (including phenoxy) is 1. The van der Waals surface area contributed by atoms with Gasteiger partial charge in [0.2, 0.25) is 0 Å².